The third-order valence-electron chi connectivity index (χ3n) is 2.06. The number of carbonyl (C=O) groups excluding carboxylic acids is 1. The van der Waals surface area contributed by atoms with E-state index in [0.717, 1.165) is 19.1 Å². The van der Waals surface area contributed by atoms with Crippen LogP contribution in [-0.2, 0) is 4.79 Å². The van der Waals surface area contributed by atoms with Crippen LogP contribution in [0.15, 0.2) is 11.1 Å². The maximum atomic E-state index is 10.3. The second-order valence-corrected chi connectivity index (χ2v) is 3.43. The number of hydrogen-bond donors (Lipinski definition) is 0. The van der Waals surface area contributed by atoms with Crippen molar-refractivity contribution >= 4 is 6.29 Å². The van der Waals surface area contributed by atoms with Gasteiger partial charge in [0.1, 0.15) is 6.29 Å². The highest BCUT2D eigenvalue weighted by Gasteiger charge is 1.99. The van der Waals surface area contributed by atoms with Crippen LogP contribution in [0.3, 0.4) is 0 Å². The Morgan fingerprint density at radius 2 is 1.91 bits per heavy atom. The van der Waals surface area contributed by atoms with Crippen molar-refractivity contribution in [1.82, 2.24) is 0 Å². The van der Waals surface area contributed by atoms with Gasteiger partial charge in [-0.05, 0) is 33.6 Å². The highest BCUT2D eigenvalue weighted by atomic mass is 16.1. The van der Waals surface area contributed by atoms with Gasteiger partial charge in [-0.1, -0.05) is 18.1 Å². The second-order valence-electron chi connectivity index (χ2n) is 3.43. The van der Waals surface area contributed by atoms with Crippen LogP contribution in [0, 0.1) is 5.92 Å². The Morgan fingerprint density at radius 3 is 2.27 bits per heavy atom. The fourth-order valence-electron chi connectivity index (χ4n) is 0.762. The molecule has 0 saturated carbocycles. The maximum Gasteiger partial charge on any atom is 0.122 e. The molecule has 0 saturated heterocycles. The minimum Gasteiger partial charge on any atom is -0.303 e. The van der Waals surface area contributed by atoms with E-state index < -0.39 is 0 Å². The summed E-state index contributed by atoms with van der Waals surface area (Å²) in [6.07, 6.45) is 3.07. The molecule has 11 heavy (non-hydrogen) atoms. The highest BCUT2D eigenvalue weighted by Crippen LogP contribution is 2.13. The summed E-state index contributed by atoms with van der Waals surface area (Å²) >= 11 is 0. The summed E-state index contributed by atoms with van der Waals surface area (Å²) in [6.45, 7) is 8.32. The molecule has 0 amide bonds. The minimum absolute atomic E-state index is 0.212. The lowest BCUT2D eigenvalue weighted by molar-refractivity contribution is -0.110. The van der Waals surface area contributed by atoms with E-state index in [2.05, 4.69) is 20.8 Å². The third-order valence-corrected chi connectivity index (χ3v) is 2.06. The van der Waals surface area contributed by atoms with E-state index in [-0.39, 0.29) is 5.92 Å². The van der Waals surface area contributed by atoms with E-state index in [1.807, 2.05) is 6.92 Å². The van der Waals surface area contributed by atoms with Crippen molar-refractivity contribution in [2.75, 3.05) is 0 Å². The topological polar surface area (TPSA) is 17.1 Å². The highest BCUT2D eigenvalue weighted by molar-refractivity contribution is 5.52. The van der Waals surface area contributed by atoms with Crippen LogP contribution in [0.5, 0.6) is 0 Å². The monoisotopic (exact) mass is 154 g/mol. The van der Waals surface area contributed by atoms with E-state index in [9.17, 15) is 4.79 Å². The summed E-state index contributed by atoms with van der Waals surface area (Å²) in [5, 5.41) is 0. The fourth-order valence-corrected chi connectivity index (χ4v) is 0.762. The molecule has 1 nitrogen and oxygen atoms in total. The molecule has 0 fully saturated rings. The Hall–Kier alpha value is -0.590. The Bertz CT molecular complexity index is 152. The van der Waals surface area contributed by atoms with Crippen LogP contribution in [0.4, 0.5) is 0 Å². The third kappa shape index (κ3) is 4.77. The second kappa shape index (κ2) is 5.11. The van der Waals surface area contributed by atoms with Crippen molar-refractivity contribution in [2.45, 2.75) is 40.5 Å². The zero-order valence-electron chi connectivity index (χ0n) is 7.98. The molecule has 0 heterocycles. The number of aldehydes is 1. The van der Waals surface area contributed by atoms with Gasteiger partial charge in [-0.25, -0.2) is 0 Å². The van der Waals surface area contributed by atoms with Crippen LogP contribution in [-0.4, -0.2) is 6.29 Å². The smallest absolute Gasteiger partial charge is 0.122 e. The van der Waals surface area contributed by atoms with Gasteiger partial charge >= 0.3 is 0 Å². The fraction of sp³-hybridized carbons (Fsp3) is 0.700. The Kier molecular flexibility index (Phi) is 4.84. The summed E-state index contributed by atoms with van der Waals surface area (Å²) in [7, 11) is 0. The van der Waals surface area contributed by atoms with Crippen molar-refractivity contribution in [3.8, 4) is 0 Å². The molecule has 0 bridgehead atoms. The molecule has 1 atom stereocenters. The van der Waals surface area contributed by atoms with Crippen molar-refractivity contribution in [3.05, 3.63) is 11.1 Å². The molecule has 0 aliphatic carbocycles. The predicted molar refractivity (Wildman–Crippen MR) is 48.5 cm³/mol. The largest absolute Gasteiger partial charge is 0.303 e. The Balaban J connectivity index is 3.71. The van der Waals surface area contributed by atoms with E-state index in [1.54, 1.807) is 0 Å². The molecule has 0 radical (unpaired) electrons. The molecule has 0 spiro atoms. The lowest BCUT2D eigenvalue weighted by atomic mass is 10.0. The zero-order valence-corrected chi connectivity index (χ0v) is 7.98. The SMILES string of the molecule is CC(C)=C(C)CCC(C)C=O. The lowest BCUT2D eigenvalue weighted by Crippen LogP contribution is -1.95. The first-order valence-electron chi connectivity index (χ1n) is 4.16. The molecule has 1 unspecified atom stereocenters. The first kappa shape index (κ1) is 10.4. The predicted octanol–water partition coefficient (Wildman–Crippen LogP) is 2.96. The van der Waals surface area contributed by atoms with E-state index in [4.69, 9.17) is 0 Å². The van der Waals surface area contributed by atoms with Gasteiger partial charge in [0.15, 0.2) is 0 Å². The van der Waals surface area contributed by atoms with Crippen molar-refractivity contribution in [1.29, 1.82) is 0 Å². The van der Waals surface area contributed by atoms with Gasteiger partial charge in [-0.3, -0.25) is 0 Å². The molecule has 0 aromatic rings. The molecule has 0 rings (SSSR count). The van der Waals surface area contributed by atoms with Crippen molar-refractivity contribution in [3.63, 3.8) is 0 Å². The average Bonchev–Trinajstić information content (AvgIpc) is 1.99. The molecule has 0 aromatic heterocycles. The standard InChI is InChI=1S/C10H18O/c1-8(2)10(4)6-5-9(3)7-11/h7,9H,5-6H2,1-4H3. The van der Waals surface area contributed by atoms with E-state index >= 15 is 0 Å². The van der Waals surface area contributed by atoms with E-state index in [1.165, 1.54) is 11.1 Å². The van der Waals surface area contributed by atoms with Gasteiger partial charge in [0.25, 0.3) is 0 Å². The number of rotatable bonds is 4. The van der Waals surface area contributed by atoms with Crippen LogP contribution >= 0.6 is 0 Å². The molecule has 64 valence electrons. The summed E-state index contributed by atoms with van der Waals surface area (Å²) in [5.41, 5.74) is 2.79. The van der Waals surface area contributed by atoms with Crippen molar-refractivity contribution < 1.29 is 4.79 Å². The Morgan fingerprint density at radius 1 is 1.36 bits per heavy atom. The Labute approximate surface area is 69.5 Å². The number of allylic oxidation sites excluding steroid dienone is 2. The van der Waals surface area contributed by atoms with Gasteiger partial charge < -0.3 is 4.79 Å². The zero-order chi connectivity index (χ0) is 8.85. The van der Waals surface area contributed by atoms with Gasteiger partial charge in [-0.15, -0.1) is 0 Å². The summed E-state index contributed by atoms with van der Waals surface area (Å²) in [5.74, 6) is 0.212. The number of carbonyl (C=O) groups is 1. The van der Waals surface area contributed by atoms with E-state index in [0.29, 0.717) is 0 Å². The summed E-state index contributed by atoms with van der Waals surface area (Å²) in [4.78, 5) is 10.3. The van der Waals surface area contributed by atoms with Gasteiger partial charge in [0, 0.05) is 5.92 Å². The average molecular weight is 154 g/mol. The van der Waals surface area contributed by atoms with Crippen LogP contribution in [0.25, 0.3) is 0 Å². The van der Waals surface area contributed by atoms with Gasteiger partial charge in [-0.2, -0.15) is 0 Å². The first-order chi connectivity index (χ1) is 5.07. The normalized spacial score (nSPS) is 12.4. The quantitative estimate of drug-likeness (QED) is 0.449. The maximum absolute atomic E-state index is 10.3. The first-order valence-corrected chi connectivity index (χ1v) is 4.16. The van der Waals surface area contributed by atoms with Gasteiger partial charge in [0.2, 0.25) is 0 Å². The lowest BCUT2D eigenvalue weighted by Gasteiger charge is -2.05. The molecule has 0 aliphatic rings. The van der Waals surface area contributed by atoms with Crippen LogP contribution in [0.2, 0.25) is 0 Å². The molecule has 0 aromatic carbocycles. The summed E-state index contributed by atoms with van der Waals surface area (Å²) in [6, 6.07) is 0. The van der Waals surface area contributed by atoms with Crippen molar-refractivity contribution in [2.24, 2.45) is 5.92 Å². The summed E-state index contributed by atoms with van der Waals surface area (Å²) < 4.78 is 0. The molecular formula is C10H18O. The molecule has 0 N–H and O–H groups in total. The molecule has 0 aliphatic heterocycles. The molecule has 1 heteroatoms. The van der Waals surface area contributed by atoms with Crippen LogP contribution < -0.4 is 0 Å². The number of hydrogen-bond acceptors (Lipinski definition) is 1. The molecular weight excluding hydrogens is 136 g/mol. The van der Waals surface area contributed by atoms with Crippen LogP contribution in [0.1, 0.15) is 40.5 Å². The minimum atomic E-state index is 0.212. The van der Waals surface area contributed by atoms with Gasteiger partial charge in [0.05, 0.1) is 0 Å².